The van der Waals surface area contributed by atoms with E-state index >= 15 is 0 Å². The summed E-state index contributed by atoms with van der Waals surface area (Å²) in [7, 11) is 1.65. The van der Waals surface area contributed by atoms with Crippen LogP contribution in [-0.4, -0.2) is 12.9 Å². The van der Waals surface area contributed by atoms with Crippen LogP contribution in [0.15, 0.2) is 88.9 Å². The number of ether oxygens (including phenoxy) is 2. The summed E-state index contributed by atoms with van der Waals surface area (Å²) in [5, 5.41) is 6.08. The molecule has 0 aromatic heterocycles. The minimum Gasteiger partial charge on any atom is -0.493 e. The van der Waals surface area contributed by atoms with Crippen molar-refractivity contribution in [1.82, 2.24) is 0 Å². The number of methoxy groups -OCH3 is 1. The van der Waals surface area contributed by atoms with Crippen LogP contribution in [0.2, 0.25) is 0 Å². The monoisotopic (exact) mass is 567 g/mol. The van der Waals surface area contributed by atoms with Gasteiger partial charge in [-0.05, 0) is 73.4 Å². The molecule has 192 valence electrons. The first-order chi connectivity index (χ1) is 18.3. The van der Waals surface area contributed by atoms with Crippen LogP contribution < -0.4 is 14.8 Å². The summed E-state index contributed by atoms with van der Waals surface area (Å²) in [6.45, 7) is 4.81. The zero-order chi connectivity index (χ0) is 26.4. The second kappa shape index (κ2) is 9.63. The molecule has 4 aromatic rings. The highest BCUT2D eigenvalue weighted by atomic mass is 79.9. The molecule has 1 aliphatic heterocycles. The molecule has 2 aliphatic rings. The third kappa shape index (κ3) is 4.39. The summed E-state index contributed by atoms with van der Waals surface area (Å²) in [5.41, 5.74) is 6.16. The van der Waals surface area contributed by atoms with E-state index in [4.69, 9.17) is 9.47 Å². The SMILES string of the molecule is COc1cc(C2Nc3ccc4ccccc4c3C3=C2C(=O)CC(C)(C)C3)cc(Br)c1OCc1ccccc1. The van der Waals surface area contributed by atoms with E-state index < -0.39 is 0 Å². The van der Waals surface area contributed by atoms with Gasteiger partial charge in [-0.25, -0.2) is 0 Å². The minimum atomic E-state index is -0.282. The molecule has 1 aliphatic carbocycles. The number of anilines is 1. The van der Waals surface area contributed by atoms with Gasteiger partial charge in [0, 0.05) is 23.2 Å². The topological polar surface area (TPSA) is 47.6 Å². The van der Waals surface area contributed by atoms with Crippen molar-refractivity contribution < 1.29 is 14.3 Å². The predicted octanol–water partition coefficient (Wildman–Crippen LogP) is 8.50. The summed E-state index contributed by atoms with van der Waals surface area (Å²) in [5.74, 6) is 1.47. The van der Waals surface area contributed by atoms with Crippen molar-refractivity contribution in [2.24, 2.45) is 5.41 Å². The lowest BCUT2D eigenvalue weighted by atomic mass is 9.68. The van der Waals surface area contributed by atoms with E-state index in [-0.39, 0.29) is 17.2 Å². The predicted molar refractivity (Wildman–Crippen MR) is 157 cm³/mol. The standard InChI is InChI=1S/C33H30BrNO3/c1-33(2)17-24-29-23-12-8-7-11-21(23)13-14-26(29)35-31(30(24)27(36)18-33)22-15-25(34)32(28(16-22)37-3)38-19-20-9-5-4-6-10-20/h4-16,31,35H,17-19H2,1-3H3. The second-order valence-electron chi connectivity index (χ2n) is 10.9. The molecule has 0 saturated heterocycles. The van der Waals surface area contributed by atoms with Crippen molar-refractivity contribution in [3.8, 4) is 11.5 Å². The van der Waals surface area contributed by atoms with Crippen molar-refractivity contribution in [2.45, 2.75) is 39.3 Å². The Kier molecular flexibility index (Phi) is 6.27. The number of carbonyl (C=O) groups is 1. The molecule has 0 amide bonds. The van der Waals surface area contributed by atoms with Crippen molar-refractivity contribution in [2.75, 3.05) is 12.4 Å². The van der Waals surface area contributed by atoms with Crippen LogP contribution in [0.4, 0.5) is 5.69 Å². The lowest BCUT2D eigenvalue weighted by Crippen LogP contribution is -2.33. The van der Waals surface area contributed by atoms with Gasteiger partial charge in [-0.3, -0.25) is 4.79 Å². The Labute approximate surface area is 231 Å². The lowest BCUT2D eigenvalue weighted by Gasteiger charge is -2.40. The van der Waals surface area contributed by atoms with Crippen LogP contribution in [0, 0.1) is 5.41 Å². The molecule has 1 N–H and O–H groups in total. The molecule has 0 saturated carbocycles. The molecule has 5 heteroatoms. The van der Waals surface area contributed by atoms with Gasteiger partial charge in [-0.1, -0.05) is 74.5 Å². The van der Waals surface area contributed by atoms with E-state index in [1.165, 1.54) is 10.8 Å². The van der Waals surface area contributed by atoms with Crippen LogP contribution in [0.25, 0.3) is 16.3 Å². The number of halogens is 1. The molecule has 1 unspecified atom stereocenters. The molecule has 6 rings (SSSR count). The van der Waals surface area contributed by atoms with E-state index in [0.29, 0.717) is 24.5 Å². The van der Waals surface area contributed by atoms with Crippen LogP contribution in [0.5, 0.6) is 11.5 Å². The molecule has 38 heavy (non-hydrogen) atoms. The average Bonchev–Trinajstić information content (AvgIpc) is 2.91. The van der Waals surface area contributed by atoms with Gasteiger partial charge in [0.15, 0.2) is 17.3 Å². The van der Waals surface area contributed by atoms with Crippen molar-refractivity contribution >= 4 is 43.7 Å². The number of hydrogen-bond donors (Lipinski definition) is 1. The Bertz CT molecular complexity index is 1590. The number of fused-ring (bicyclic) bond motifs is 4. The molecule has 4 nitrogen and oxygen atoms in total. The summed E-state index contributed by atoms with van der Waals surface area (Å²) in [4.78, 5) is 13.8. The molecule has 1 heterocycles. The third-order valence-electron chi connectivity index (χ3n) is 7.55. The maximum absolute atomic E-state index is 13.8. The van der Waals surface area contributed by atoms with Gasteiger partial charge in [0.05, 0.1) is 17.6 Å². The van der Waals surface area contributed by atoms with Gasteiger partial charge >= 0.3 is 0 Å². The quantitative estimate of drug-likeness (QED) is 0.262. The zero-order valence-electron chi connectivity index (χ0n) is 21.8. The Morgan fingerprint density at radius 3 is 2.53 bits per heavy atom. The molecular formula is C33H30BrNO3. The molecule has 0 spiro atoms. The Hall–Kier alpha value is -3.57. The molecule has 1 atom stereocenters. The zero-order valence-corrected chi connectivity index (χ0v) is 23.4. The van der Waals surface area contributed by atoms with Gasteiger partial charge < -0.3 is 14.8 Å². The van der Waals surface area contributed by atoms with Crippen LogP contribution >= 0.6 is 15.9 Å². The highest BCUT2D eigenvalue weighted by molar-refractivity contribution is 9.10. The van der Waals surface area contributed by atoms with Crippen molar-refractivity contribution in [3.05, 3.63) is 106 Å². The maximum atomic E-state index is 13.8. The fourth-order valence-corrected chi connectivity index (χ4v) is 6.44. The lowest BCUT2D eigenvalue weighted by molar-refractivity contribution is -0.118. The number of allylic oxidation sites excluding steroid dienone is 1. The summed E-state index contributed by atoms with van der Waals surface area (Å²) in [6.07, 6.45) is 1.38. The molecular weight excluding hydrogens is 538 g/mol. The van der Waals surface area contributed by atoms with Gasteiger partial charge in [0.1, 0.15) is 6.61 Å². The summed E-state index contributed by atoms with van der Waals surface area (Å²) >= 11 is 3.73. The second-order valence-corrected chi connectivity index (χ2v) is 11.8. The Morgan fingerprint density at radius 1 is 0.974 bits per heavy atom. The van der Waals surface area contributed by atoms with Gasteiger partial charge in [0.25, 0.3) is 0 Å². The fraction of sp³-hybridized carbons (Fsp3) is 0.242. The Balaban J connectivity index is 1.46. The van der Waals surface area contributed by atoms with Crippen LogP contribution in [-0.2, 0) is 11.4 Å². The van der Waals surface area contributed by atoms with Gasteiger partial charge in [-0.15, -0.1) is 0 Å². The molecule has 0 radical (unpaired) electrons. The highest BCUT2D eigenvalue weighted by Crippen LogP contribution is 2.53. The number of benzene rings is 4. The number of hydrogen-bond acceptors (Lipinski definition) is 4. The third-order valence-corrected chi connectivity index (χ3v) is 8.14. The fourth-order valence-electron chi connectivity index (χ4n) is 5.86. The first kappa shape index (κ1) is 24.7. The largest absolute Gasteiger partial charge is 0.493 e. The molecule has 0 fully saturated rings. The number of ketones is 1. The maximum Gasteiger partial charge on any atom is 0.175 e. The minimum absolute atomic E-state index is 0.0978. The van der Waals surface area contributed by atoms with E-state index in [0.717, 1.165) is 44.4 Å². The van der Waals surface area contributed by atoms with Crippen molar-refractivity contribution in [3.63, 3.8) is 0 Å². The number of nitrogens with one attached hydrogen (secondary N) is 1. The van der Waals surface area contributed by atoms with E-state index in [2.05, 4.69) is 71.5 Å². The normalized spacial score (nSPS) is 18.0. The van der Waals surface area contributed by atoms with Crippen molar-refractivity contribution in [1.29, 1.82) is 0 Å². The van der Waals surface area contributed by atoms with Crippen LogP contribution in [0.1, 0.15) is 49.4 Å². The number of rotatable bonds is 5. The first-order valence-electron chi connectivity index (χ1n) is 12.9. The molecule has 0 bridgehead atoms. The first-order valence-corrected chi connectivity index (χ1v) is 13.7. The van der Waals surface area contributed by atoms with E-state index in [1.807, 2.05) is 42.5 Å². The number of Topliss-reactive ketones (excluding diaryl/α,β-unsaturated/α-hetero) is 1. The van der Waals surface area contributed by atoms with E-state index in [9.17, 15) is 4.79 Å². The van der Waals surface area contributed by atoms with Gasteiger partial charge in [0.2, 0.25) is 0 Å². The highest BCUT2D eigenvalue weighted by Gasteiger charge is 2.41. The molecule has 4 aromatic carbocycles. The average molecular weight is 569 g/mol. The Morgan fingerprint density at radius 2 is 1.74 bits per heavy atom. The number of carbonyl (C=O) groups excluding carboxylic acids is 1. The van der Waals surface area contributed by atoms with Crippen LogP contribution in [0.3, 0.4) is 0 Å². The van der Waals surface area contributed by atoms with E-state index in [1.54, 1.807) is 7.11 Å². The summed E-state index contributed by atoms with van der Waals surface area (Å²) in [6, 6.07) is 26.5. The smallest absolute Gasteiger partial charge is 0.175 e. The summed E-state index contributed by atoms with van der Waals surface area (Å²) < 4.78 is 12.8. The van der Waals surface area contributed by atoms with Gasteiger partial charge in [-0.2, -0.15) is 0 Å².